The Labute approximate surface area is 174 Å². The van der Waals surface area contributed by atoms with Gasteiger partial charge < -0.3 is 15.5 Å². The molecular formula is C21H24N2O4S2. The molecule has 0 aliphatic carbocycles. The van der Waals surface area contributed by atoms with Crippen molar-refractivity contribution in [2.45, 2.75) is 18.6 Å². The van der Waals surface area contributed by atoms with E-state index in [1.54, 1.807) is 17.4 Å². The Morgan fingerprint density at radius 1 is 1.07 bits per heavy atom. The fraction of sp³-hybridized carbons (Fsp3) is 0.238. The Bertz CT molecular complexity index is 1020. The molecule has 154 valence electrons. The first-order valence-corrected chi connectivity index (χ1v) is 11.9. The van der Waals surface area contributed by atoms with Crippen LogP contribution in [0, 0.1) is 0 Å². The van der Waals surface area contributed by atoms with Crippen molar-refractivity contribution >= 4 is 27.0 Å². The quantitative estimate of drug-likeness (QED) is 0.388. The van der Waals surface area contributed by atoms with Crippen LogP contribution < -0.4 is 10.0 Å². The van der Waals surface area contributed by atoms with Crippen LogP contribution in [-0.4, -0.2) is 31.4 Å². The summed E-state index contributed by atoms with van der Waals surface area (Å²) in [6.07, 6.45) is 0.917. The van der Waals surface area contributed by atoms with Gasteiger partial charge >= 0.3 is 0 Å². The van der Waals surface area contributed by atoms with E-state index in [1.807, 2.05) is 23.6 Å². The highest BCUT2D eigenvalue weighted by Crippen LogP contribution is 2.28. The average Bonchev–Trinajstić information content (AvgIpc) is 3.21. The number of phenolic OH excluding ortho intramolecular Hbond substituents is 1. The Morgan fingerprint density at radius 2 is 1.83 bits per heavy atom. The van der Waals surface area contributed by atoms with Crippen LogP contribution in [0.4, 0.5) is 5.69 Å². The minimum atomic E-state index is -3.54. The molecule has 0 bridgehead atoms. The molecule has 3 rings (SSSR count). The van der Waals surface area contributed by atoms with Crippen LogP contribution in [0.3, 0.4) is 0 Å². The SMILES string of the molecule is CS(=O)(=O)Nc1cc(C(O)CN[C@H](Cc2ccccc2)c2ccsc2)ccc1O. The Hall–Kier alpha value is -2.39. The van der Waals surface area contributed by atoms with E-state index in [2.05, 4.69) is 33.6 Å². The third-order valence-electron chi connectivity index (χ3n) is 4.49. The van der Waals surface area contributed by atoms with Crippen LogP contribution in [0.1, 0.15) is 28.8 Å². The fourth-order valence-electron chi connectivity index (χ4n) is 3.05. The third-order valence-corrected chi connectivity index (χ3v) is 5.78. The molecule has 4 N–H and O–H groups in total. The standard InChI is InChI=1S/C21H24N2O4S2/c1-29(26,27)23-19-12-16(7-8-20(19)24)21(25)13-22-18(17-9-10-28-14-17)11-15-5-3-2-4-6-15/h2-10,12,14,18,21-25H,11,13H2,1H3/t18-,21?/m1/s1. The number of thiophene rings is 1. The Morgan fingerprint density at radius 3 is 2.48 bits per heavy atom. The van der Waals surface area contributed by atoms with Crippen molar-refractivity contribution in [1.82, 2.24) is 5.32 Å². The summed E-state index contributed by atoms with van der Waals surface area (Å²) in [5.74, 6) is -0.195. The van der Waals surface area contributed by atoms with E-state index in [-0.39, 0.29) is 24.0 Å². The number of rotatable bonds is 9. The summed E-state index contributed by atoms with van der Waals surface area (Å²) < 4.78 is 25.2. The molecule has 0 aliphatic rings. The van der Waals surface area contributed by atoms with E-state index >= 15 is 0 Å². The molecule has 1 aromatic heterocycles. The van der Waals surface area contributed by atoms with Gasteiger partial charge in [-0.3, -0.25) is 4.72 Å². The van der Waals surface area contributed by atoms with Gasteiger partial charge in [0.1, 0.15) is 5.75 Å². The number of aliphatic hydroxyl groups is 1. The maximum Gasteiger partial charge on any atom is 0.229 e. The monoisotopic (exact) mass is 432 g/mol. The molecule has 29 heavy (non-hydrogen) atoms. The van der Waals surface area contributed by atoms with Crippen LogP contribution in [0.25, 0.3) is 0 Å². The summed E-state index contributed by atoms with van der Waals surface area (Å²) in [6.45, 7) is 0.274. The van der Waals surface area contributed by atoms with Crippen molar-refractivity contribution < 1.29 is 18.6 Å². The van der Waals surface area contributed by atoms with Crippen molar-refractivity contribution in [2.24, 2.45) is 0 Å². The van der Waals surface area contributed by atoms with Crippen LogP contribution in [0.5, 0.6) is 5.75 Å². The highest BCUT2D eigenvalue weighted by molar-refractivity contribution is 7.92. The lowest BCUT2D eigenvalue weighted by atomic mass is 10.0. The number of hydrogen-bond acceptors (Lipinski definition) is 6. The number of anilines is 1. The van der Waals surface area contributed by atoms with Gasteiger partial charge in [0.25, 0.3) is 0 Å². The summed E-state index contributed by atoms with van der Waals surface area (Å²) in [5, 5.41) is 28.0. The van der Waals surface area contributed by atoms with Gasteiger partial charge in [0, 0.05) is 12.6 Å². The van der Waals surface area contributed by atoms with Crippen LogP contribution in [-0.2, 0) is 16.4 Å². The lowest BCUT2D eigenvalue weighted by Crippen LogP contribution is -2.28. The van der Waals surface area contributed by atoms with E-state index in [4.69, 9.17) is 0 Å². The lowest BCUT2D eigenvalue weighted by molar-refractivity contribution is 0.169. The summed E-state index contributed by atoms with van der Waals surface area (Å²) in [4.78, 5) is 0. The van der Waals surface area contributed by atoms with Crippen LogP contribution in [0.2, 0.25) is 0 Å². The van der Waals surface area contributed by atoms with Crippen LogP contribution >= 0.6 is 11.3 Å². The highest BCUT2D eigenvalue weighted by atomic mass is 32.2. The van der Waals surface area contributed by atoms with Gasteiger partial charge in [-0.15, -0.1) is 0 Å². The first kappa shape index (κ1) is 21.3. The zero-order valence-electron chi connectivity index (χ0n) is 15.9. The number of sulfonamides is 1. The second kappa shape index (κ2) is 9.41. The lowest BCUT2D eigenvalue weighted by Gasteiger charge is -2.21. The topological polar surface area (TPSA) is 98.7 Å². The predicted octanol–water partition coefficient (Wildman–Crippen LogP) is 3.43. The van der Waals surface area contributed by atoms with Crippen molar-refractivity contribution in [1.29, 1.82) is 0 Å². The molecule has 0 radical (unpaired) electrons. The summed E-state index contributed by atoms with van der Waals surface area (Å²) in [7, 11) is -3.54. The Balaban J connectivity index is 1.71. The normalized spacial score (nSPS) is 13.7. The molecular weight excluding hydrogens is 408 g/mol. The summed E-state index contributed by atoms with van der Waals surface area (Å²) in [6, 6.07) is 16.6. The minimum absolute atomic E-state index is 0.0315. The zero-order chi connectivity index (χ0) is 20.9. The van der Waals surface area contributed by atoms with Gasteiger partial charge in [-0.25, -0.2) is 8.42 Å². The van der Waals surface area contributed by atoms with Crippen molar-refractivity contribution in [3.63, 3.8) is 0 Å². The highest BCUT2D eigenvalue weighted by Gasteiger charge is 2.17. The third kappa shape index (κ3) is 6.30. The molecule has 8 heteroatoms. The molecule has 6 nitrogen and oxygen atoms in total. The largest absolute Gasteiger partial charge is 0.506 e. The van der Waals surface area contributed by atoms with Crippen molar-refractivity contribution in [3.05, 3.63) is 82.0 Å². The van der Waals surface area contributed by atoms with Crippen LogP contribution in [0.15, 0.2) is 65.4 Å². The molecule has 1 unspecified atom stereocenters. The molecule has 0 spiro atoms. The minimum Gasteiger partial charge on any atom is -0.506 e. The summed E-state index contributed by atoms with van der Waals surface area (Å²) >= 11 is 1.62. The molecule has 2 aromatic carbocycles. The Kier molecular flexibility index (Phi) is 6.92. The molecule has 3 aromatic rings. The predicted molar refractivity (Wildman–Crippen MR) is 117 cm³/mol. The van der Waals surface area contributed by atoms with Gasteiger partial charge in [-0.2, -0.15) is 11.3 Å². The molecule has 0 fully saturated rings. The maximum absolute atomic E-state index is 11.5. The van der Waals surface area contributed by atoms with Crippen molar-refractivity contribution in [2.75, 3.05) is 17.5 Å². The molecule has 2 atom stereocenters. The van der Waals surface area contributed by atoms with Gasteiger partial charge in [-0.05, 0) is 52.1 Å². The number of aliphatic hydroxyl groups excluding tert-OH is 1. The second-order valence-electron chi connectivity index (χ2n) is 6.87. The maximum atomic E-state index is 11.5. The van der Waals surface area contributed by atoms with Gasteiger partial charge in [0.15, 0.2) is 0 Å². The van der Waals surface area contributed by atoms with E-state index in [0.717, 1.165) is 18.2 Å². The van der Waals surface area contributed by atoms with E-state index in [9.17, 15) is 18.6 Å². The number of phenols is 1. The van der Waals surface area contributed by atoms with Crippen molar-refractivity contribution in [3.8, 4) is 5.75 Å². The fourth-order valence-corrected chi connectivity index (χ4v) is 4.32. The second-order valence-corrected chi connectivity index (χ2v) is 9.40. The van der Waals surface area contributed by atoms with Gasteiger partial charge in [0.05, 0.1) is 18.0 Å². The number of benzene rings is 2. The molecule has 0 amide bonds. The molecule has 0 saturated carbocycles. The smallest absolute Gasteiger partial charge is 0.229 e. The summed E-state index contributed by atoms with van der Waals surface area (Å²) in [5.41, 5.74) is 2.89. The number of aromatic hydroxyl groups is 1. The first-order valence-electron chi connectivity index (χ1n) is 9.10. The van der Waals surface area contributed by atoms with E-state index in [0.29, 0.717) is 5.56 Å². The number of nitrogens with one attached hydrogen (secondary N) is 2. The average molecular weight is 433 g/mol. The van der Waals surface area contributed by atoms with E-state index < -0.39 is 16.1 Å². The first-order chi connectivity index (χ1) is 13.8. The zero-order valence-corrected chi connectivity index (χ0v) is 17.6. The molecule has 0 saturated heterocycles. The van der Waals surface area contributed by atoms with E-state index in [1.165, 1.54) is 17.7 Å². The van der Waals surface area contributed by atoms with Gasteiger partial charge in [0.2, 0.25) is 10.0 Å². The van der Waals surface area contributed by atoms with Gasteiger partial charge in [-0.1, -0.05) is 36.4 Å². The molecule has 1 heterocycles. The molecule has 0 aliphatic heterocycles. The number of hydrogen-bond donors (Lipinski definition) is 4.